The molecule has 1 heterocycles. The van der Waals surface area contributed by atoms with Gasteiger partial charge in [-0.05, 0) is 20.8 Å². The summed E-state index contributed by atoms with van der Waals surface area (Å²) in [7, 11) is 0. The smallest absolute Gasteiger partial charge is 0.164 e. The standard InChI is InChI=1S/C10H18O4/c1-5-7(12)9-8(6(2)11)13-10(3,4)14-9/h5-9,11-12H,1H2,2-4H3/t6-,7+,8-,9-/m1/s1. The highest BCUT2D eigenvalue weighted by Gasteiger charge is 2.45. The van der Waals surface area contributed by atoms with Crippen LogP contribution in [0.25, 0.3) is 0 Å². The average molecular weight is 202 g/mol. The van der Waals surface area contributed by atoms with Crippen molar-refractivity contribution in [1.82, 2.24) is 0 Å². The minimum Gasteiger partial charge on any atom is -0.391 e. The third-order valence-corrected chi connectivity index (χ3v) is 2.22. The molecule has 0 amide bonds. The van der Waals surface area contributed by atoms with E-state index in [1.54, 1.807) is 20.8 Å². The van der Waals surface area contributed by atoms with Crippen LogP contribution in [-0.2, 0) is 9.47 Å². The van der Waals surface area contributed by atoms with Crippen LogP contribution in [0.4, 0.5) is 0 Å². The first-order valence-corrected chi connectivity index (χ1v) is 4.71. The van der Waals surface area contributed by atoms with Gasteiger partial charge in [-0.25, -0.2) is 0 Å². The number of aliphatic hydroxyl groups excluding tert-OH is 2. The quantitative estimate of drug-likeness (QED) is 0.652. The van der Waals surface area contributed by atoms with E-state index in [0.29, 0.717) is 0 Å². The van der Waals surface area contributed by atoms with E-state index in [2.05, 4.69) is 6.58 Å². The van der Waals surface area contributed by atoms with Gasteiger partial charge >= 0.3 is 0 Å². The van der Waals surface area contributed by atoms with Crippen LogP contribution in [-0.4, -0.2) is 40.4 Å². The molecule has 1 fully saturated rings. The summed E-state index contributed by atoms with van der Waals surface area (Å²) < 4.78 is 10.9. The maximum absolute atomic E-state index is 9.58. The summed E-state index contributed by atoms with van der Waals surface area (Å²) in [4.78, 5) is 0. The minimum absolute atomic E-state index is 0.516. The molecule has 0 aromatic rings. The Hall–Kier alpha value is -0.420. The second kappa shape index (κ2) is 3.98. The van der Waals surface area contributed by atoms with Crippen LogP contribution >= 0.6 is 0 Å². The zero-order valence-corrected chi connectivity index (χ0v) is 8.80. The zero-order valence-electron chi connectivity index (χ0n) is 8.80. The maximum Gasteiger partial charge on any atom is 0.164 e. The highest BCUT2D eigenvalue weighted by molar-refractivity contribution is 4.95. The van der Waals surface area contributed by atoms with Gasteiger partial charge in [0.1, 0.15) is 18.3 Å². The molecule has 1 saturated heterocycles. The number of rotatable bonds is 3. The number of hydrogen-bond acceptors (Lipinski definition) is 4. The molecule has 4 atom stereocenters. The van der Waals surface area contributed by atoms with Crippen LogP contribution in [0.1, 0.15) is 20.8 Å². The molecule has 0 bridgehead atoms. The third-order valence-electron chi connectivity index (χ3n) is 2.22. The van der Waals surface area contributed by atoms with Gasteiger partial charge in [0, 0.05) is 0 Å². The van der Waals surface area contributed by atoms with Gasteiger partial charge in [-0.3, -0.25) is 0 Å². The van der Waals surface area contributed by atoms with Crippen molar-refractivity contribution in [2.24, 2.45) is 0 Å². The van der Waals surface area contributed by atoms with Crippen molar-refractivity contribution in [2.45, 2.75) is 51.0 Å². The van der Waals surface area contributed by atoms with Crippen molar-refractivity contribution >= 4 is 0 Å². The van der Waals surface area contributed by atoms with Crippen LogP contribution in [0, 0.1) is 0 Å². The molecule has 0 unspecified atom stereocenters. The first-order valence-electron chi connectivity index (χ1n) is 4.71. The lowest BCUT2D eigenvalue weighted by Gasteiger charge is -2.21. The van der Waals surface area contributed by atoms with Gasteiger partial charge in [-0.1, -0.05) is 6.08 Å². The zero-order chi connectivity index (χ0) is 10.9. The molecule has 4 heteroatoms. The van der Waals surface area contributed by atoms with Gasteiger partial charge in [0.15, 0.2) is 5.79 Å². The van der Waals surface area contributed by atoms with Gasteiger partial charge < -0.3 is 19.7 Å². The van der Waals surface area contributed by atoms with Gasteiger partial charge in [-0.15, -0.1) is 6.58 Å². The van der Waals surface area contributed by atoms with E-state index in [0.717, 1.165) is 0 Å². The van der Waals surface area contributed by atoms with Crippen molar-refractivity contribution < 1.29 is 19.7 Å². The number of hydrogen-bond donors (Lipinski definition) is 2. The van der Waals surface area contributed by atoms with Crippen molar-refractivity contribution in [3.05, 3.63) is 12.7 Å². The first-order chi connectivity index (χ1) is 6.37. The highest BCUT2D eigenvalue weighted by Crippen LogP contribution is 2.31. The van der Waals surface area contributed by atoms with E-state index in [4.69, 9.17) is 9.47 Å². The summed E-state index contributed by atoms with van der Waals surface area (Å²) >= 11 is 0. The van der Waals surface area contributed by atoms with Crippen LogP contribution < -0.4 is 0 Å². The summed E-state index contributed by atoms with van der Waals surface area (Å²) in [6.07, 6.45) is -1.20. The summed E-state index contributed by atoms with van der Waals surface area (Å²) in [5.74, 6) is -0.768. The molecule has 0 spiro atoms. The lowest BCUT2D eigenvalue weighted by atomic mass is 10.0. The van der Waals surface area contributed by atoms with Crippen molar-refractivity contribution in [1.29, 1.82) is 0 Å². The van der Waals surface area contributed by atoms with E-state index < -0.39 is 30.2 Å². The number of ether oxygens (including phenoxy) is 2. The Morgan fingerprint density at radius 1 is 1.29 bits per heavy atom. The SMILES string of the molecule is C=C[C@H](O)[C@H]1OC(C)(C)O[C@@H]1[C@@H](C)O. The predicted molar refractivity (Wildman–Crippen MR) is 51.7 cm³/mol. The molecule has 1 rings (SSSR count). The maximum atomic E-state index is 9.58. The van der Waals surface area contributed by atoms with Crippen LogP contribution in [0.3, 0.4) is 0 Å². The molecule has 1 aliphatic rings. The normalized spacial score (nSPS) is 35.2. The monoisotopic (exact) mass is 202 g/mol. The molecule has 0 aliphatic carbocycles. The first kappa shape index (κ1) is 11.7. The fraction of sp³-hybridized carbons (Fsp3) is 0.800. The molecule has 82 valence electrons. The van der Waals surface area contributed by atoms with Crippen LogP contribution in [0.2, 0.25) is 0 Å². The fourth-order valence-corrected chi connectivity index (χ4v) is 1.59. The van der Waals surface area contributed by atoms with E-state index in [1.807, 2.05) is 0 Å². The Balaban J connectivity index is 2.77. The third kappa shape index (κ3) is 2.33. The highest BCUT2D eigenvalue weighted by atomic mass is 16.8. The van der Waals surface area contributed by atoms with E-state index >= 15 is 0 Å². The lowest BCUT2D eigenvalue weighted by molar-refractivity contribution is -0.158. The second-order valence-electron chi connectivity index (χ2n) is 4.03. The molecule has 4 nitrogen and oxygen atoms in total. The van der Waals surface area contributed by atoms with Crippen molar-refractivity contribution in [2.75, 3.05) is 0 Å². The van der Waals surface area contributed by atoms with E-state index in [1.165, 1.54) is 6.08 Å². The molecule has 14 heavy (non-hydrogen) atoms. The minimum atomic E-state index is -0.823. The molecule has 0 saturated carbocycles. The average Bonchev–Trinajstić information content (AvgIpc) is 2.40. The summed E-state index contributed by atoms with van der Waals surface area (Å²) in [6.45, 7) is 8.59. The molecular weight excluding hydrogens is 184 g/mol. The molecule has 0 radical (unpaired) electrons. The Labute approximate surface area is 84.1 Å². The second-order valence-corrected chi connectivity index (χ2v) is 4.03. The molecular formula is C10H18O4. The van der Waals surface area contributed by atoms with Gasteiger partial charge in [-0.2, -0.15) is 0 Å². The van der Waals surface area contributed by atoms with Crippen LogP contribution in [0.5, 0.6) is 0 Å². The summed E-state index contributed by atoms with van der Waals surface area (Å²) in [5.41, 5.74) is 0. The Morgan fingerprint density at radius 3 is 2.21 bits per heavy atom. The summed E-state index contributed by atoms with van der Waals surface area (Å²) in [6, 6.07) is 0. The lowest BCUT2D eigenvalue weighted by Crippen LogP contribution is -2.40. The molecule has 0 aromatic carbocycles. The van der Waals surface area contributed by atoms with E-state index in [9.17, 15) is 10.2 Å². The Kier molecular flexibility index (Phi) is 3.32. The fourth-order valence-electron chi connectivity index (χ4n) is 1.59. The van der Waals surface area contributed by atoms with Gasteiger partial charge in [0.05, 0.1) is 6.10 Å². The Morgan fingerprint density at radius 2 is 1.79 bits per heavy atom. The van der Waals surface area contributed by atoms with Crippen molar-refractivity contribution in [3.8, 4) is 0 Å². The molecule has 0 aromatic heterocycles. The molecule has 2 N–H and O–H groups in total. The van der Waals surface area contributed by atoms with Gasteiger partial charge in [0.25, 0.3) is 0 Å². The summed E-state index contributed by atoms with van der Waals surface area (Å²) in [5, 5.41) is 19.0. The largest absolute Gasteiger partial charge is 0.391 e. The topological polar surface area (TPSA) is 58.9 Å². The molecule has 1 aliphatic heterocycles. The van der Waals surface area contributed by atoms with Crippen molar-refractivity contribution in [3.63, 3.8) is 0 Å². The Bertz CT molecular complexity index is 212. The number of aliphatic hydroxyl groups is 2. The van der Waals surface area contributed by atoms with E-state index in [-0.39, 0.29) is 0 Å². The predicted octanol–water partition coefficient (Wildman–Crippen LogP) is 0.434. The van der Waals surface area contributed by atoms with Gasteiger partial charge in [0.2, 0.25) is 0 Å². The van der Waals surface area contributed by atoms with Crippen LogP contribution in [0.15, 0.2) is 12.7 Å².